The molecule has 0 aliphatic carbocycles. The number of benzene rings is 2. The number of rotatable bonds is 10. The second-order valence-corrected chi connectivity index (χ2v) is 10.2. The minimum absolute atomic E-state index is 0.577. The number of unbranched alkanes of at least 4 members (excludes halogenated alkanes) is 2. The summed E-state index contributed by atoms with van der Waals surface area (Å²) in [6, 6.07) is 19.4. The third kappa shape index (κ3) is 4.96. The molecular formula is C23H31O2P. The van der Waals surface area contributed by atoms with Crippen molar-refractivity contribution in [1.29, 1.82) is 0 Å². The highest BCUT2D eigenvalue weighted by atomic mass is 31.2. The van der Waals surface area contributed by atoms with E-state index in [0.717, 1.165) is 36.8 Å². The molecule has 0 saturated carbocycles. The topological polar surface area (TPSA) is 37.3 Å². The monoisotopic (exact) mass is 370 g/mol. The summed E-state index contributed by atoms with van der Waals surface area (Å²) in [5, 5.41) is 10.3. The van der Waals surface area contributed by atoms with Crippen molar-refractivity contribution >= 4 is 13.2 Å². The Kier molecular flexibility index (Phi) is 7.87. The van der Waals surface area contributed by atoms with Crippen LogP contribution in [0.15, 0.2) is 66.7 Å². The van der Waals surface area contributed by atoms with Crippen molar-refractivity contribution in [3.63, 3.8) is 0 Å². The van der Waals surface area contributed by atoms with Gasteiger partial charge in [-0.25, -0.2) is 0 Å². The molecule has 26 heavy (non-hydrogen) atoms. The standard InChI is InChI=1S/C23H31O2P/c1-3-5-19-26(25,20-6-4-2)23(24,22-15-11-8-12-16-22)18-17-21-13-9-7-10-14-21/h7-18,24H,3-6,19-20H2,1-2H3/b18-17+. The Bertz CT molecular complexity index is 712. The van der Waals surface area contributed by atoms with E-state index in [2.05, 4.69) is 13.8 Å². The molecule has 0 bridgehead atoms. The van der Waals surface area contributed by atoms with E-state index in [1.54, 1.807) is 6.08 Å². The lowest BCUT2D eigenvalue weighted by Crippen LogP contribution is -2.26. The number of aliphatic hydroxyl groups is 1. The largest absolute Gasteiger partial charge is 0.374 e. The van der Waals surface area contributed by atoms with Gasteiger partial charge >= 0.3 is 0 Å². The van der Waals surface area contributed by atoms with Gasteiger partial charge in [-0.1, -0.05) is 93.4 Å². The summed E-state index contributed by atoms with van der Waals surface area (Å²) in [6.45, 7) is 4.21. The van der Waals surface area contributed by atoms with E-state index >= 15 is 0 Å². The van der Waals surface area contributed by atoms with E-state index in [4.69, 9.17) is 0 Å². The van der Waals surface area contributed by atoms with Crippen molar-refractivity contribution in [1.82, 2.24) is 0 Å². The van der Waals surface area contributed by atoms with Gasteiger partial charge in [0.05, 0.1) is 0 Å². The molecule has 2 aromatic carbocycles. The van der Waals surface area contributed by atoms with Crippen molar-refractivity contribution in [2.45, 2.75) is 44.9 Å². The first-order chi connectivity index (χ1) is 12.6. The fraction of sp³-hybridized carbons (Fsp3) is 0.391. The molecule has 0 radical (unpaired) electrons. The highest BCUT2D eigenvalue weighted by Gasteiger charge is 2.44. The lowest BCUT2D eigenvalue weighted by Gasteiger charge is -2.35. The van der Waals surface area contributed by atoms with Crippen LogP contribution in [0.1, 0.15) is 50.7 Å². The van der Waals surface area contributed by atoms with Crippen LogP contribution >= 0.6 is 7.14 Å². The van der Waals surface area contributed by atoms with E-state index in [1.165, 1.54) is 0 Å². The molecule has 2 nitrogen and oxygen atoms in total. The average Bonchev–Trinajstić information content (AvgIpc) is 2.70. The van der Waals surface area contributed by atoms with Crippen LogP contribution < -0.4 is 0 Å². The SMILES string of the molecule is CCCCP(=O)(CCCC)C(O)(/C=C/c1ccccc1)c1ccccc1. The van der Waals surface area contributed by atoms with Gasteiger partial charge in [0, 0.05) is 12.3 Å². The van der Waals surface area contributed by atoms with Crippen LogP contribution in [0.4, 0.5) is 0 Å². The Morgan fingerprint density at radius 3 is 1.88 bits per heavy atom. The molecule has 1 N–H and O–H groups in total. The van der Waals surface area contributed by atoms with Crippen LogP contribution in [0.3, 0.4) is 0 Å². The van der Waals surface area contributed by atoms with Crippen LogP contribution in [-0.2, 0) is 9.91 Å². The number of hydrogen-bond acceptors (Lipinski definition) is 2. The maximum absolute atomic E-state index is 14.1. The van der Waals surface area contributed by atoms with Crippen LogP contribution in [0, 0.1) is 0 Å². The summed E-state index contributed by atoms with van der Waals surface area (Å²) in [5.74, 6) is 0. The smallest absolute Gasteiger partial charge is 0.161 e. The zero-order chi connectivity index (χ0) is 18.9. The molecular weight excluding hydrogens is 339 g/mol. The van der Waals surface area contributed by atoms with Crippen LogP contribution in [0.5, 0.6) is 0 Å². The fourth-order valence-electron chi connectivity index (χ4n) is 3.21. The normalized spacial score (nSPS) is 14.4. The van der Waals surface area contributed by atoms with Crippen LogP contribution in [-0.4, -0.2) is 17.4 Å². The maximum atomic E-state index is 14.1. The van der Waals surface area contributed by atoms with E-state index < -0.39 is 12.5 Å². The maximum Gasteiger partial charge on any atom is 0.161 e. The molecule has 140 valence electrons. The van der Waals surface area contributed by atoms with Crippen molar-refractivity contribution in [2.24, 2.45) is 0 Å². The minimum Gasteiger partial charge on any atom is -0.374 e. The molecule has 3 heteroatoms. The molecule has 0 saturated heterocycles. The quantitative estimate of drug-likeness (QED) is 0.484. The summed E-state index contributed by atoms with van der Waals surface area (Å²) in [5.41, 5.74) is 1.72. The second-order valence-electron chi connectivity index (χ2n) is 6.88. The molecule has 2 aromatic rings. The van der Waals surface area contributed by atoms with Crippen molar-refractivity contribution in [3.05, 3.63) is 77.9 Å². The first-order valence-electron chi connectivity index (χ1n) is 9.66. The fourth-order valence-corrected chi connectivity index (χ4v) is 6.73. The Hall–Kier alpha value is -1.63. The summed E-state index contributed by atoms with van der Waals surface area (Å²) in [4.78, 5) is 0. The van der Waals surface area contributed by atoms with E-state index in [-0.39, 0.29) is 0 Å². The van der Waals surface area contributed by atoms with Gasteiger partial charge < -0.3 is 9.67 Å². The zero-order valence-electron chi connectivity index (χ0n) is 16.0. The van der Waals surface area contributed by atoms with Gasteiger partial charge in [0.1, 0.15) is 7.14 Å². The van der Waals surface area contributed by atoms with Crippen LogP contribution in [0.25, 0.3) is 6.08 Å². The molecule has 1 unspecified atom stereocenters. The summed E-state index contributed by atoms with van der Waals surface area (Å²) in [7, 11) is -2.86. The van der Waals surface area contributed by atoms with Crippen molar-refractivity contribution < 1.29 is 9.67 Å². The molecule has 0 amide bonds. The lowest BCUT2D eigenvalue weighted by molar-refractivity contribution is 0.173. The lowest BCUT2D eigenvalue weighted by atomic mass is 10.1. The second kappa shape index (κ2) is 9.90. The third-order valence-corrected chi connectivity index (χ3v) is 8.60. The van der Waals surface area contributed by atoms with Gasteiger partial charge in [0.25, 0.3) is 0 Å². The van der Waals surface area contributed by atoms with Gasteiger partial charge in [-0.15, -0.1) is 0 Å². The average molecular weight is 370 g/mol. The molecule has 0 aliphatic heterocycles. The van der Waals surface area contributed by atoms with Crippen molar-refractivity contribution in [3.8, 4) is 0 Å². The Labute approximate surface area is 158 Å². The third-order valence-electron chi connectivity index (χ3n) is 4.87. The molecule has 0 fully saturated rings. The molecule has 2 rings (SSSR count). The first-order valence-corrected chi connectivity index (χ1v) is 11.7. The van der Waals surface area contributed by atoms with Gasteiger partial charge in [0.15, 0.2) is 5.34 Å². The highest BCUT2D eigenvalue weighted by Crippen LogP contribution is 2.63. The Morgan fingerprint density at radius 2 is 1.38 bits per heavy atom. The first kappa shape index (κ1) is 20.7. The number of hydrogen-bond donors (Lipinski definition) is 1. The Morgan fingerprint density at radius 1 is 0.885 bits per heavy atom. The van der Waals surface area contributed by atoms with E-state index in [0.29, 0.717) is 12.3 Å². The molecule has 0 aromatic heterocycles. The summed E-state index contributed by atoms with van der Waals surface area (Å²) in [6.07, 6.45) is 8.51. The molecule has 1 atom stereocenters. The molecule has 0 heterocycles. The van der Waals surface area contributed by atoms with Gasteiger partial charge in [0.2, 0.25) is 0 Å². The zero-order valence-corrected chi connectivity index (χ0v) is 16.9. The Balaban J connectivity index is 2.50. The van der Waals surface area contributed by atoms with Crippen molar-refractivity contribution in [2.75, 3.05) is 12.3 Å². The van der Waals surface area contributed by atoms with E-state index in [1.807, 2.05) is 66.7 Å². The van der Waals surface area contributed by atoms with Crippen LogP contribution in [0.2, 0.25) is 0 Å². The molecule has 0 aliphatic rings. The predicted octanol–water partition coefficient (Wildman–Crippen LogP) is 6.51. The minimum atomic E-state index is -2.86. The summed E-state index contributed by atoms with van der Waals surface area (Å²) < 4.78 is 14.1. The van der Waals surface area contributed by atoms with Gasteiger partial charge in [-0.3, -0.25) is 0 Å². The van der Waals surface area contributed by atoms with E-state index in [9.17, 15) is 9.67 Å². The predicted molar refractivity (Wildman–Crippen MR) is 113 cm³/mol. The van der Waals surface area contributed by atoms with Gasteiger partial charge in [-0.2, -0.15) is 0 Å². The van der Waals surface area contributed by atoms with Gasteiger partial charge in [-0.05, 0) is 30.0 Å². The summed E-state index contributed by atoms with van der Waals surface area (Å²) >= 11 is 0. The highest BCUT2D eigenvalue weighted by molar-refractivity contribution is 7.65. The molecule has 0 spiro atoms.